The van der Waals surface area contributed by atoms with E-state index in [1.54, 1.807) is 24.3 Å². The zero-order chi connectivity index (χ0) is 21.2. The number of amides is 1. The van der Waals surface area contributed by atoms with E-state index in [0.717, 1.165) is 16.2 Å². The molecule has 10 heteroatoms. The van der Waals surface area contributed by atoms with Crippen molar-refractivity contribution in [1.29, 1.82) is 0 Å². The number of rotatable bonds is 11. The number of nitro groups is 1. The fourth-order valence-electron chi connectivity index (χ4n) is 2.65. The van der Waals surface area contributed by atoms with Crippen LogP contribution in [0.4, 0.5) is 20.2 Å². The van der Waals surface area contributed by atoms with Crippen molar-refractivity contribution in [2.75, 3.05) is 32.0 Å². The molecule has 8 nitrogen and oxygen atoms in total. The standard InChI is InChI=1S/C19H22F2N4O4/c1-24(12-14-2-8-17(9-3-14)29-19(20)21)13-18(26)23-11-10-22-15-4-6-16(7-5-15)25(27)28/h2-9,19,22H,10-13H2,1H3,(H,23,26)/p+1. The van der Waals surface area contributed by atoms with Gasteiger partial charge in [0.05, 0.1) is 12.0 Å². The Hall–Kier alpha value is -3.27. The van der Waals surface area contributed by atoms with Crippen LogP contribution in [-0.4, -0.2) is 44.1 Å². The summed E-state index contributed by atoms with van der Waals surface area (Å²) >= 11 is 0. The molecule has 29 heavy (non-hydrogen) atoms. The van der Waals surface area contributed by atoms with Crippen LogP contribution in [0.5, 0.6) is 5.75 Å². The molecule has 0 aliphatic heterocycles. The summed E-state index contributed by atoms with van der Waals surface area (Å²) in [6.07, 6.45) is 0. The van der Waals surface area contributed by atoms with Crippen LogP contribution in [0.15, 0.2) is 48.5 Å². The van der Waals surface area contributed by atoms with Gasteiger partial charge in [-0.15, -0.1) is 0 Å². The Morgan fingerprint density at radius 1 is 1.14 bits per heavy atom. The number of quaternary nitrogens is 1. The largest absolute Gasteiger partial charge is 0.435 e. The first-order valence-corrected chi connectivity index (χ1v) is 8.93. The Labute approximate surface area is 166 Å². The van der Waals surface area contributed by atoms with Crippen LogP contribution in [0.3, 0.4) is 0 Å². The highest BCUT2D eigenvalue weighted by Crippen LogP contribution is 2.15. The number of non-ortho nitro benzene ring substituents is 1. The Kier molecular flexibility index (Phi) is 8.28. The fraction of sp³-hybridized carbons (Fsp3) is 0.316. The minimum Gasteiger partial charge on any atom is -0.435 e. The molecule has 2 rings (SSSR count). The van der Waals surface area contributed by atoms with Gasteiger partial charge in [0, 0.05) is 36.5 Å². The predicted octanol–water partition coefficient (Wildman–Crippen LogP) is 1.44. The molecule has 3 N–H and O–H groups in total. The zero-order valence-electron chi connectivity index (χ0n) is 15.9. The number of ether oxygens (including phenoxy) is 1. The summed E-state index contributed by atoms with van der Waals surface area (Å²) in [5, 5.41) is 16.5. The highest BCUT2D eigenvalue weighted by Gasteiger charge is 2.11. The van der Waals surface area contributed by atoms with Gasteiger partial charge in [-0.05, 0) is 36.4 Å². The lowest BCUT2D eigenvalue weighted by atomic mass is 10.2. The fourth-order valence-corrected chi connectivity index (χ4v) is 2.65. The lowest BCUT2D eigenvalue weighted by Gasteiger charge is -2.14. The van der Waals surface area contributed by atoms with Crippen molar-refractivity contribution in [2.45, 2.75) is 13.2 Å². The van der Waals surface area contributed by atoms with Crippen molar-refractivity contribution in [3.05, 3.63) is 64.2 Å². The zero-order valence-corrected chi connectivity index (χ0v) is 15.9. The van der Waals surface area contributed by atoms with Crippen molar-refractivity contribution in [2.24, 2.45) is 0 Å². The minimum atomic E-state index is -2.85. The maximum Gasteiger partial charge on any atom is 0.387 e. The number of hydrogen-bond donors (Lipinski definition) is 3. The summed E-state index contributed by atoms with van der Waals surface area (Å²) in [7, 11) is 1.86. The van der Waals surface area contributed by atoms with Gasteiger partial charge < -0.3 is 20.3 Å². The van der Waals surface area contributed by atoms with Crippen molar-refractivity contribution in [3.8, 4) is 5.75 Å². The van der Waals surface area contributed by atoms with E-state index in [4.69, 9.17) is 0 Å². The number of carbonyl (C=O) groups is 1. The predicted molar refractivity (Wildman–Crippen MR) is 103 cm³/mol. The van der Waals surface area contributed by atoms with Crippen molar-refractivity contribution in [1.82, 2.24) is 5.32 Å². The SMILES string of the molecule is C[NH+](CC(=O)NCCNc1ccc([N+](=O)[O-])cc1)Cc1ccc(OC(F)F)cc1. The van der Waals surface area contributed by atoms with E-state index in [1.807, 2.05) is 7.05 Å². The Morgan fingerprint density at radius 2 is 1.79 bits per heavy atom. The highest BCUT2D eigenvalue weighted by molar-refractivity contribution is 5.76. The summed E-state index contributed by atoms with van der Waals surface area (Å²) < 4.78 is 28.6. The molecule has 0 radical (unpaired) electrons. The third kappa shape index (κ3) is 8.09. The molecule has 0 saturated heterocycles. The first-order valence-electron chi connectivity index (χ1n) is 8.93. The number of anilines is 1. The van der Waals surface area contributed by atoms with Crippen molar-refractivity contribution >= 4 is 17.3 Å². The van der Waals surface area contributed by atoms with E-state index >= 15 is 0 Å². The second-order valence-electron chi connectivity index (χ2n) is 6.41. The average Bonchev–Trinajstić information content (AvgIpc) is 2.66. The molecule has 0 aromatic heterocycles. The van der Waals surface area contributed by atoms with Gasteiger partial charge in [-0.1, -0.05) is 0 Å². The molecule has 1 amide bonds. The number of nitrogens with zero attached hydrogens (tertiary/aromatic N) is 1. The third-order valence-corrected chi connectivity index (χ3v) is 3.97. The Morgan fingerprint density at radius 3 is 2.38 bits per heavy atom. The molecule has 2 aromatic rings. The first kappa shape index (κ1) is 22.0. The number of alkyl halides is 2. The van der Waals surface area contributed by atoms with Crippen molar-refractivity contribution < 1.29 is 28.1 Å². The van der Waals surface area contributed by atoms with Crippen LogP contribution in [0, 0.1) is 10.1 Å². The lowest BCUT2D eigenvalue weighted by Crippen LogP contribution is -3.08. The van der Waals surface area contributed by atoms with E-state index in [-0.39, 0.29) is 23.9 Å². The number of carbonyl (C=O) groups excluding carboxylic acids is 1. The molecular formula is C19H23F2N4O4+. The topological polar surface area (TPSA) is 97.9 Å². The van der Waals surface area contributed by atoms with Crippen LogP contribution >= 0.6 is 0 Å². The molecule has 0 fully saturated rings. The molecule has 1 unspecified atom stereocenters. The maximum atomic E-state index is 12.1. The number of likely N-dealkylation sites (N-methyl/N-ethyl adjacent to an activating group) is 1. The molecule has 0 aliphatic rings. The van der Waals surface area contributed by atoms with E-state index in [9.17, 15) is 23.7 Å². The van der Waals surface area contributed by atoms with Gasteiger partial charge in [-0.25, -0.2) is 0 Å². The van der Waals surface area contributed by atoms with E-state index in [2.05, 4.69) is 15.4 Å². The summed E-state index contributed by atoms with van der Waals surface area (Å²) in [4.78, 5) is 23.1. The molecule has 0 aliphatic carbocycles. The van der Waals surface area contributed by atoms with Gasteiger partial charge in [0.2, 0.25) is 0 Å². The molecule has 0 saturated carbocycles. The molecular weight excluding hydrogens is 386 g/mol. The smallest absolute Gasteiger partial charge is 0.387 e. The van der Waals surface area contributed by atoms with E-state index in [0.29, 0.717) is 19.6 Å². The van der Waals surface area contributed by atoms with Crippen LogP contribution < -0.4 is 20.3 Å². The minimum absolute atomic E-state index is 0.0195. The average molecular weight is 409 g/mol. The summed E-state index contributed by atoms with van der Waals surface area (Å²) in [6.45, 7) is -1.15. The quantitative estimate of drug-likeness (QED) is 0.296. The number of halogens is 2. The monoisotopic (exact) mass is 409 g/mol. The molecule has 1 atom stereocenters. The van der Waals surface area contributed by atoms with Gasteiger partial charge in [-0.2, -0.15) is 8.78 Å². The molecule has 0 bridgehead atoms. The lowest BCUT2D eigenvalue weighted by molar-refractivity contribution is -0.885. The molecule has 0 spiro atoms. The second kappa shape index (κ2) is 10.9. The number of benzene rings is 2. The number of hydrogen-bond acceptors (Lipinski definition) is 5. The summed E-state index contributed by atoms with van der Waals surface area (Å²) in [5.41, 5.74) is 1.65. The van der Waals surface area contributed by atoms with E-state index < -0.39 is 11.5 Å². The second-order valence-corrected chi connectivity index (χ2v) is 6.41. The van der Waals surface area contributed by atoms with E-state index in [1.165, 1.54) is 24.3 Å². The van der Waals surface area contributed by atoms with Gasteiger partial charge in [0.25, 0.3) is 11.6 Å². The summed E-state index contributed by atoms with van der Waals surface area (Å²) in [6, 6.07) is 12.3. The van der Waals surface area contributed by atoms with Crippen LogP contribution in [0.25, 0.3) is 0 Å². The molecule has 0 heterocycles. The molecule has 2 aromatic carbocycles. The maximum absolute atomic E-state index is 12.1. The van der Waals surface area contributed by atoms with Gasteiger partial charge in [-0.3, -0.25) is 14.9 Å². The third-order valence-electron chi connectivity index (χ3n) is 3.97. The first-order chi connectivity index (χ1) is 13.8. The van der Waals surface area contributed by atoms with Crippen LogP contribution in [0.2, 0.25) is 0 Å². The summed E-state index contributed by atoms with van der Waals surface area (Å²) in [5.74, 6) is -0.0229. The van der Waals surface area contributed by atoms with Gasteiger partial charge >= 0.3 is 6.61 Å². The molecule has 156 valence electrons. The number of nitro benzene ring substituents is 1. The Bertz CT molecular complexity index is 801. The van der Waals surface area contributed by atoms with Crippen LogP contribution in [-0.2, 0) is 11.3 Å². The van der Waals surface area contributed by atoms with Gasteiger partial charge in [0.1, 0.15) is 12.3 Å². The highest BCUT2D eigenvalue weighted by atomic mass is 19.3. The number of nitrogens with one attached hydrogen (secondary N) is 3. The van der Waals surface area contributed by atoms with Crippen molar-refractivity contribution in [3.63, 3.8) is 0 Å². The Balaban J connectivity index is 1.66. The normalized spacial score (nSPS) is 11.7. The van der Waals surface area contributed by atoms with Gasteiger partial charge in [0.15, 0.2) is 6.54 Å². The van der Waals surface area contributed by atoms with Crippen LogP contribution in [0.1, 0.15) is 5.56 Å².